The molecule has 2 aromatic carbocycles. The van der Waals surface area contributed by atoms with Crippen molar-refractivity contribution in [3.05, 3.63) is 89.9 Å². The number of hydrogen-bond donors (Lipinski definition) is 2. The SMILES string of the molecule is C=C1NC(=O)[C@@](CN2Cc3ccc(F)cc3C2=O)(c2ccc(-c3cncn3C)cc2)N1. The lowest BCUT2D eigenvalue weighted by atomic mass is 9.88. The number of rotatable bonds is 4. The van der Waals surface area contributed by atoms with E-state index in [9.17, 15) is 14.0 Å². The first-order valence-electron chi connectivity index (χ1n) is 9.81. The summed E-state index contributed by atoms with van der Waals surface area (Å²) in [7, 11) is 1.91. The fourth-order valence-electron chi connectivity index (χ4n) is 4.30. The van der Waals surface area contributed by atoms with Crippen molar-refractivity contribution >= 4 is 11.8 Å². The highest BCUT2D eigenvalue weighted by Crippen LogP contribution is 2.33. The number of hydrogen-bond acceptors (Lipinski definition) is 4. The number of halogens is 1. The van der Waals surface area contributed by atoms with Gasteiger partial charge < -0.3 is 20.1 Å². The van der Waals surface area contributed by atoms with Gasteiger partial charge in [-0.2, -0.15) is 0 Å². The molecule has 3 heterocycles. The molecule has 2 aliphatic rings. The summed E-state index contributed by atoms with van der Waals surface area (Å²) < 4.78 is 15.5. The predicted molar refractivity (Wildman–Crippen MR) is 112 cm³/mol. The Hall–Kier alpha value is -3.94. The second kappa shape index (κ2) is 6.80. The minimum atomic E-state index is -1.20. The van der Waals surface area contributed by atoms with Gasteiger partial charge in [0.25, 0.3) is 11.8 Å². The third kappa shape index (κ3) is 2.99. The summed E-state index contributed by atoms with van der Waals surface area (Å²) in [6.07, 6.45) is 3.49. The molecular formula is C23H20FN5O2. The van der Waals surface area contributed by atoms with Crippen molar-refractivity contribution < 1.29 is 14.0 Å². The molecule has 0 spiro atoms. The van der Waals surface area contributed by atoms with Crippen LogP contribution in [0.2, 0.25) is 0 Å². The van der Waals surface area contributed by atoms with Crippen LogP contribution < -0.4 is 10.6 Å². The number of imidazole rings is 1. The highest BCUT2D eigenvalue weighted by Gasteiger charge is 2.48. The molecule has 1 fully saturated rings. The van der Waals surface area contributed by atoms with Gasteiger partial charge in [0.05, 0.1) is 30.6 Å². The molecule has 5 rings (SSSR count). The van der Waals surface area contributed by atoms with Crippen molar-refractivity contribution in [1.82, 2.24) is 25.1 Å². The number of carbonyl (C=O) groups is 2. The number of nitrogens with one attached hydrogen (secondary N) is 2. The number of amides is 2. The number of aromatic nitrogens is 2. The summed E-state index contributed by atoms with van der Waals surface area (Å²) in [5, 5.41) is 5.86. The molecular weight excluding hydrogens is 397 g/mol. The van der Waals surface area contributed by atoms with Crippen molar-refractivity contribution in [3.63, 3.8) is 0 Å². The summed E-state index contributed by atoms with van der Waals surface area (Å²) in [6, 6.07) is 11.7. The zero-order valence-electron chi connectivity index (χ0n) is 16.9. The van der Waals surface area contributed by atoms with Gasteiger partial charge in [-0.15, -0.1) is 0 Å². The van der Waals surface area contributed by atoms with Gasteiger partial charge in [-0.1, -0.05) is 36.9 Å². The van der Waals surface area contributed by atoms with Gasteiger partial charge in [0.2, 0.25) is 0 Å². The molecule has 2 amide bonds. The van der Waals surface area contributed by atoms with Crippen LogP contribution >= 0.6 is 0 Å². The Morgan fingerprint density at radius 2 is 1.97 bits per heavy atom. The first-order valence-corrected chi connectivity index (χ1v) is 9.81. The Morgan fingerprint density at radius 3 is 2.61 bits per heavy atom. The maximum atomic E-state index is 13.6. The molecule has 3 aromatic rings. The average Bonchev–Trinajstić information content (AvgIpc) is 3.39. The van der Waals surface area contributed by atoms with Crippen LogP contribution in [0.15, 0.2) is 67.4 Å². The summed E-state index contributed by atoms with van der Waals surface area (Å²) in [4.78, 5) is 31.7. The lowest BCUT2D eigenvalue weighted by Crippen LogP contribution is -2.52. The van der Waals surface area contributed by atoms with E-state index in [0.717, 1.165) is 16.8 Å². The molecule has 1 saturated heterocycles. The van der Waals surface area contributed by atoms with Gasteiger partial charge in [-0.25, -0.2) is 9.37 Å². The highest BCUT2D eigenvalue weighted by molar-refractivity contribution is 5.99. The zero-order valence-corrected chi connectivity index (χ0v) is 16.9. The fourth-order valence-corrected chi connectivity index (χ4v) is 4.30. The molecule has 0 radical (unpaired) electrons. The van der Waals surface area contributed by atoms with Crippen molar-refractivity contribution in [2.45, 2.75) is 12.1 Å². The number of fused-ring (bicyclic) bond motifs is 1. The quantitative estimate of drug-likeness (QED) is 0.683. The molecule has 1 atom stereocenters. The zero-order chi connectivity index (χ0) is 21.8. The van der Waals surface area contributed by atoms with Gasteiger partial charge in [-0.3, -0.25) is 9.59 Å². The molecule has 2 aliphatic heterocycles. The van der Waals surface area contributed by atoms with Crippen LogP contribution in [-0.4, -0.2) is 32.8 Å². The van der Waals surface area contributed by atoms with Gasteiger partial charge in [0.15, 0.2) is 5.54 Å². The van der Waals surface area contributed by atoms with Crippen LogP contribution in [0.25, 0.3) is 11.3 Å². The molecule has 8 heteroatoms. The van der Waals surface area contributed by atoms with Gasteiger partial charge >= 0.3 is 0 Å². The maximum Gasteiger partial charge on any atom is 0.257 e. The van der Waals surface area contributed by atoms with Crippen molar-refractivity contribution in [1.29, 1.82) is 0 Å². The van der Waals surface area contributed by atoms with E-state index in [4.69, 9.17) is 0 Å². The number of benzene rings is 2. The van der Waals surface area contributed by atoms with Gasteiger partial charge in [-0.05, 0) is 28.8 Å². The minimum absolute atomic E-state index is 0.0814. The predicted octanol–water partition coefficient (Wildman–Crippen LogP) is 2.27. The van der Waals surface area contributed by atoms with Crippen molar-refractivity contribution in [3.8, 4) is 11.3 Å². The van der Waals surface area contributed by atoms with E-state index in [0.29, 0.717) is 23.5 Å². The van der Waals surface area contributed by atoms with Crippen LogP contribution in [0.3, 0.4) is 0 Å². The third-order valence-electron chi connectivity index (χ3n) is 5.89. The van der Waals surface area contributed by atoms with Gasteiger partial charge in [0.1, 0.15) is 5.82 Å². The monoisotopic (exact) mass is 417 g/mol. The first kappa shape index (κ1) is 19.0. The number of aryl methyl sites for hydroxylation is 1. The lowest BCUT2D eigenvalue weighted by Gasteiger charge is -2.32. The third-order valence-corrected chi connectivity index (χ3v) is 5.89. The molecule has 156 valence electrons. The Kier molecular flexibility index (Phi) is 4.18. The van der Waals surface area contributed by atoms with Crippen LogP contribution in [-0.2, 0) is 23.9 Å². The summed E-state index contributed by atoms with van der Waals surface area (Å²) in [5.74, 6) is -0.677. The van der Waals surface area contributed by atoms with Crippen molar-refractivity contribution in [2.75, 3.05) is 6.54 Å². The minimum Gasteiger partial charge on any atom is -0.353 e. The smallest absolute Gasteiger partial charge is 0.257 e. The van der Waals surface area contributed by atoms with E-state index in [2.05, 4.69) is 22.2 Å². The lowest BCUT2D eigenvalue weighted by molar-refractivity contribution is -0.124. The largest absolute Gasteiger partial charge is 0.353 e. The Bertz CT molecular complexity index is 1230. The Labute approximate surface area is 178 Å². The van der Waals surface area contributed by atoms with Gasteiger partial charge in [0, 0.05) is 19.2 Å². The van der Waals surface area contributed by atoms with Crippen molar-refractivity contribution in [2.24, 2.45) is 7.05 Å². The first-order chi connectivity index (χ1) is 14.9. The second-order valence-electron chi connectivity index (χ2n) is 7.89. The number of carbonyl (C=O) groups excluding carboxylic acids is 2. The van der Waals surface area contributed by atoms with Crippen LogP contribution in [0.1, 0.15) is 21.5 Å². The Morgan fingerprint density at radius 1 is 1.19 bits per heavy atom. The summed E-state index contributed by atoms with van der Waals surface area (Å²) >= 11 is 0. The molecule has 0 saturated carbocycles. The molecule has 31 heavy (non-hydrogen) atoms. The summed E-state index contributed by atoms with van der Waals surface area (Å²) in [5.41, 5.74) is 2.48. The second-order valence-corrected chi connectivity index (χ2v) is 7.89. The van der Waals surface area contributed by atoms with E-state index in [-0.39, 0.29) is 18.4 Å². The Balaban J connectivity index is 1.50. The average molecular weight is 417 g/mol. The normalized spacial score (nSPS) is 20.1. The van der Waals surface area contributed by atoms with E-state index in [1.165, 1.54) is 12.1 Å². The van der Waals surface area contributed by atoms with Crippen LogP contribution in [0.5, 0.6) is 0 Å². The molecule has 1 aromatic heterocycles. The van der Waals surface area contributed by atoms with E-state index in [1.807, 2.05) is 35.9 Å². The fraction of sp³-hybridized carbons (Fsp3) is 0.174. The maximum absolute atomic E-state index is 13.6. The van der Waals surface area contributed by atoms with E-state index >= 15 is 0 Å². The van der Waals surface area contributed by atoms with Crippen LogP contribution in [0.4, 0.5) is 4.39 Å². The molecule has 0 bridgehead atoms. The van der Waals surface area contributed by atoms with E-state index in [1.54, 1.807) is 23.5 Å². The highest BCUT2D eigenvalue weighted by atomic mass is 19.1. The summed E-state index contributed by atoms with van der Waals surface area (Å²) in [6.45, 7) is 4.22. The molecule has 7 nitrogen and oxygen atoms in total. The number of nitrogens with zero attached hydrogens (tertiary/aromatic N) is 3. The topological polar surface area (TPSA) is 79.3 Å². The molecule has 0 unspecified atom stereocenters. The van der Waals surface area contributed by atoms with E-state index < -0.39 is 11.4 Å². The molecule has 2 N–H and O–H groups in total. The molecule has 0 aliphatic carbocycles. The van der Waals surface area contributed by atoms with Crippen LogP contribution in [0, 0.1) is 5.82 Å². The standard InChI is InChI=1S/C23H20FN5O2/c1-14-26-22(31)23(27-14,12-29-11-16-5-8-18(24)9-19(16)21(29)30)17-6-3-15(4-7-17)20-10-25-13-28(20)2/h3-10,13,27H,1,11-12H2,2H3,(H,26,31)/t23-/m1/s1.